The monoisotopic (exact) mass is 379 g/mol. The number of rotatable bonds is 2. The van der Waals surface area contributed by atoms with E-state index < -0.39 is 5.41 Å². The van der Waals surface area contributed by atoms with Gasteiger partial charge in [0, 0.05) is 23.0 Å². The van der Waals surface area contributed by atoms with Crippen molar-refractivity contribution < 1.29 is 4.79 Å². The van der Waals surface area contributed by atoms with E-state index in [9.17, 15) is 9.59 Å². The molecule has 0 aliphatic heterocycles. The van der Waals surface area contributed by atoms with Crippen molar-refractivity contribution in [2.75, 3.05) is 0 Å². The number of hydrogen-bond donors (Lipinski definition) is 0. The molecule has 0 atom stereocenters. The molecule has 5 heteroatoms. The van der Waals surface area contributed by atoms with E-state index in [1.165, 1.54) is 15.9 Å². The van der Waals surface area contributed by atoms with Crippen LogP contribution in [0, 0.1) is 5.41 Å². The van der Waals surface area contributed by atoms with Gasteiger partial charge in [-0.25, -0.2) is 0 Å². The summed E-state index contributed by atoms with van der Waals surface area (Å²) in [6.45, 7) is 5.60. The molecule has 3 nitrogen and oxygen atoms in total. The number of halogens is 1. The third-order valence-corrected chi connectivity index (χ3v) is 4.86. The zero-order valence-corrected chi connectivity index (χ0v) is 15.4. The molecule has 0 amide bonds. The Bertz CT molecular complexity index is 867. The highest BCUT2D eigenvalue weighted by molar-refractivity contribution is 9.10. The number of aromatic nitrogens is 1. The predicted octanol–water partition coefficient (Wildman–Crippen LogP) is 2.43. The van der Waals surface area contributed by atoms with Gasteiger partial charge in [0.1, 0.15) is 4.66 Å². The number of benzene rings is 1. The summed E-state index contributed by atoms with van der Waals surface area (Å²) in [6.07, 6.45) is 3.41. The Morgan fingerprint density at radius 1 is 1.23 bits per heavy atom. The minimum absolute atomic E-state index is 0.0135. The van der Waals surface area contributed by atoms with Crippen LogP contribution >= 0.6 is 27.3 Å². The van der Waals surface area contributed by atoms with E-state index in [-0.39, 0.29) is 11.3 Å². The quantitative estimate of drug-likeness (QED) is 0.803. The Kier molecular flexibility index (Phi) is 4.87. The SMILES string of the molecule is Cn1c(=O)/c(=C/c2ccc(Br)cc2)s/c1=C/C(=O)C(C)(C)C. The molecule has 0 saturated carbocycles. The first-order valence-electron chi connectivity index (χ1n) is 6.88. The second-order valence-electron chi connectivity index (χ2n) is 6.12. The molecule has 0 saturated heterocycles. The highest BCUT2D eigenvalue weighted by Gasteiger charge is 2.19. The second-order valence-corrected chi connectivity index (χ2v) is 8.10. The first-order valence-corrected chi connectivity index (χ1v) is 8.49. The van der Waals surface area contributed by atoms with Gasteiger partial charge in [-0.05, 0) is 23.8 Å². The number of hydrogen-bond acceptors (Lipinski definition) is 3. The molecule has 1 heterocycles. The number of Topliss-reactive ketones (excluding diaryl/α,β-unsaturated/α-hetero) is 1. The topological polar surface area (TPSA) is 39.1 Å². The molecule has 1 aromatic carbocycles. The van der Waals surface area contributed by atoms with Crippen molar-refractivity contribution in [1.82, 2.24) is 4.57 Å². The Balaban J connectivity index is 2.56. The minimum Gasteiger partial charge on any atom is -0.302 e. The van der Waals surface area contributed by atoms with Crippen molar-refractivity contribution in [2.45, 2.75) is 20.8 Å². The van der Waals surface area contributed by atoms with E-state index in [1.54, 1.807) is 13.1 Å². The highest BCUT2D eigenvalue weighted by Crippen LogP contribution is 2.14. The molecule has 116 valence electrons. The van der Waals surface area contributed by atoms with Crippen LogP contribution in [-0.4, -0.2) is 10.4 Å². The maximum Gasteiger partial charge on any atom is 0.268 e. The van der Waals surface area contributed by atoms with Crippen molar-refractivity contribution in [3.63, 3.8) is 0 Å². The summed E-state index contributed by atoms with van der Waals surface area (Å²) in [4.78, 5) is 24.4. The fourth-order valence-corrected chi connectivity index (χ4v) is 3.04. The molecule has 2 aromatic rings. The Labute approximate surface area is 141 Å². The number of thiazole rings is 1. The van der Waals surface area contributed by atoms with Crippen molar-refractivity contribution in [2.24, 2.45) is 12.5 Å². The van der Waals surface area contributed by atoms with E-state index in [1.807, 2.05) is 51.1 Å². The fraction of sp³-hybridized carbons (Fsp3) is 0.294. The molecule has 1 aromatic heterocycles. The van der Waals surface area contributed by atoms with Crippen molar-refractivity contribution in [3.8, 4) is 0 Å². The van der Waals surface area contributed by atoms with Crippen LogP contribution < -0.4 is 14.8 Å². The van der Waals surface area contributed by atoms with Gasteiger partial charge in [-0.1, -0.05) is 48.8 Å². The standard InChI is InChI=1S/C17H18BrNO2S/c1-17(2,3)14(20)10-15-19(4)16(21)13(22-15)9-11-5-7-12(18)8-6-11/h5-10H,1-4H3/b13-9-,15-10+. The van der Waals surface area contributed by atoms with Gasteiger partial charge in [-0.15, -0.1) is 11.3 Å². The molecule has 0 aliphatic rings. The highest BCUT2D eigenvalue weighted by atomic mass is 79.9. The normalized spacial score (nSPS) is 13.7. The molecule has 0 spiro atoms. The zero-order chi connectivity index (χ0) is 16.5. The van der Waals surface area contributed by atoms with Gasteiger partial charge in [0.05, 0.1) is 4.53 Å². The average molecular weight is 380 g/mol. The van der Waals surface area contributed by atoms with Gasteiger partial charge in [0.25, 0.3) is 5.56 Å². The third-order valence-electron chi connectivity index (χ3n) is 3.22. The van der Waals surface area contributed by atoms with E-state index in [2.05, 4.69) is 15.9 Å². The lowest BCUT2D eigenvalue weighted by molar-refractivity contribution is -0.120. The molecule has 0 fully saturated rings. The van der Waals surface area contributed by atoms with Crippen molar-refractivity contribution in [1.29, 1.82) is 0 Å². The van der Waals surface area contributed by atoms with Crippen LogP contribution in [0.2, 0.25) is 0 Å². The van der Waals surface area contributed by atoms with Crippen molar-refractivity contribution in [3.05, 3.63) is 53.9 Å². The van der Waals surface area contributed by atoms with E-state index >= 15 is 0 Å². The molecule has 22 heavy (non-hydrogen) atoms. The Morgan fingerprint density at radius 3 is 2.36 bits per heavy atom. The average Bonchev–Trinajstić information content (AvgIpc) is 2.69. The van der Waals surface area contributed by atoms with Crippen LogP contribution in [0.5, 0.6) is 0 Å². The zero-order valence-electron chi connectivity index (χ0n) is 13.0. The van der Waals surface area contributed by atoms with Gasteiger partial charge in [0.2, 0.25) is 0 Å². The van der Waals surface area contributed by atoms with Gasteiger partial charge in [0.15, 0.2) is 5.78 Å². The summed E-state index contributed by atoms with van der Waals surface area (Å²) in [5, 5.41) is 0. The Hall–Kier alpha value is -1.46. The van der Waals surface area contributed by atoms with Gasteiger partial charge in [-0.3, -0.25) is 9.59 Å². The summed E-state index contributed by atoms with van der Waals surface area (Å²) >= 11 is 4.72. The molecule has 0 radical (unpaired) electrons. The fourth-order valence-electron chi connectivity index (χ4n) is 1.75. The van der Waals surface area contributed by atoms with Crippen molar-refractivity contribution >= 4 is 45.2 Å². The molecular formula is C17H18BrNO2S. The Morgan fingerprint density at radius 2 is 1.82 bits per heavy atom. The van der Waals surface area contributed by atoms with E-state index in [0.29, 0.717) is 9.20 Å². The molecule has 0 bridgehead atoms. The smallest absolute Gasteiger partial charge is 0.268 e. The van der Waals surface area contributed by atoms with Gasteiger partial charge < -0.3 is 4.57 Å². The number of ketones is 1. The van der Waals surface area contributed by atoms with Gasteiger partial charge >= 0.3 is 0 Å². The van der Waals surface area contributed by atoms with Gasteiger partial charge in [-0.2, -0.15) is 0 Å². The minimum atomic E-state index is -0.449. The van der Waals surface area contributed by atoms with Crippen LogP contribution in [0.3, 0.4) is 0 Å². The van der Waals surface area contributed by atoms with Crippen LogP contribution in [0.15, 0.2) is 33.5 Å². The lowest BCUT2D eigenvalue weighted by Crippen LogP contribution is -2.30. The lowest BCUT2D eigenvalue weighted by Gasteiger charge is -2.12. The van der Waals surface area contributed by atoms with E-state index in [4.69, 9.17) is 0 Å². The second kappa shape index (κ2) is 6.34. The lowest BCUT2D eigenvalue weighted by atomic mass is 9.91. The summed E-state index contributed by atoms with van der Waals surface area (Å²) in [5.41, 5.74) is 0.423. The van der Waals surface area contributed by atoms with Crippen LogP contribution in [-0.2, 0) is 11.8 Å². The van der Waals surface area contributed by atoms with E-state index in [0.717, 1.165) is 10.0 Å². The first-order chi connectivity index (χ1) is 10.2. The summed E-state index contributed by atoms with van der Waals surface area (Å²) in [7, 11) is 1.69. The molecule has 0 unspecified atom stereocenters. The summed E-state index contributed by atoms with van der Waals surface area (Å²) in [6, 6.07) is 7.74. The summed E-state index contributed by atoms with van der Waals surface area (Å²) in [5.74, 6) is 0.0135. The molecule has 2 rings (SSSR count). The molecule has 0 aliphatic carbocycles. The predicted molar refractivity (Wildman–Crippen MR) is 95.4 cm³/mol. The number of carbonyl (C=O) groups is 1. The van der Waals surface area contributed by atoms with Crippen LogP contribution in [0.4, 0.5) is 0 Å². The number of nitrogens with zero attached hydrogens (tertiary/aromatic N) is 1. The van der Waals surface area contributed by atoms with Crippen LogP contribution in [0.25, 0.3) is 12.2 Å². The first kappa shape index (κ1) is 16.9. The molecule has 0 N–H and O–H groups in total. The molecular weight excluding hydrogens is 362 g/mol. The summed E-state index contributed by atoms with van der Waals surface area (Å²) < 4.78 is 3.82. The maximum atomic E-state index is 12.3. The van der Waals surface area contributed by atoms with Crippen LogP contribution in [0.1, 0.15) is 26.3 Å². The third kappa shape index (κ3) is 3.84. The maximum absolute atomic E-state index is 12.3. The largest absolute Gasteiger partial charge is 0.302 e. The number of carbonyl (C=O) groups excluding carboxylic acids is 1.